The number of nitriles is 1. The summed E-state index contributed by atoms with van der Waals surface area (Å²) in [6.45, 7) is 1.09. The average molecular weight is 447 g/mol. The number of amides is 1. The number of nitrogens with one attached hydrogen (secondary N) is 1. The van der Waals surface area contributed by atoms with Crippen LogP contribution in [0.2, 0.25) is 15.1 Å². The van der Waals surface area contributed by atoms with Gasteiger partial charge >= 0.3 is 0 Å². The van der Waals surface area contributed by atoms with E-state index in [1.54, 1.807) is 25.1 Å². The van der Waals surface area contributed by atoms with E-state index in [-0.39, 0.29) is 37.8 Å². The van der Waals surface area contributed by atoms with Crippen molar-refractivity contribution < 1.29 is 13.2 Å². The number of likely N-dealkylation sites (N-methyl/N-ethyl adjacent to an activating group) is 1. The van der Waals surface area contributed by atoms with Crippen LogP contribution in [0.4, 0.5) is 5.69 Å². The average Bonchev–Trinajstić information content (AvgIpc) is 2.62. The molecule has 142 valence electrons. The van der Waals surface area contributed by atoms with E-state index in [0.717, 1.165) is 4.31 Å². The number of carbonyl (C=O) groups excluding carboxylic acids is 1. The molecule has 0 aliphatic heterocycles. The highest BCUT2D eigenvalue weighted by molar-refractivity contribution is 7.89. The molecule has 27 heavy (non-hydrogen) atoms. The van der Waals surface area contributed by atoms with Gasteiger partial charge in [0.2, 0.25) is 15.9 Å². The Morgan fingerprint density at radius 3 is 2.37 bits per heavy atom. The lowest BCUT2D eigenvalue weighted by atomic mass is 10.2. The molecule has 0 aliphatic rings. The number of carbonyl (C=O) groups is 1. The number of rotatable bonds is 6. The van der Waals surface area contributed by atoms with Crippen molar-refractivity contribution in [3.8, 4) is 6.07 Å². The summed E-state index contributed by atoms with van der Waals surface area (Å²) in [6, 6.07) is 10.4. The molecule has 6 nitrogen and oxygen atoms in total. The Kier molecular flexibility index (Phi) is 7.09. The fraction of sp³-hybridized carbons (Fsp3) is 0.176. The van der Waals surface area contributed by atoms with E-state index in [2.05, 4.69) is 5.32 Å². The summed E-state index contributed by atoms with van der Waals surface area (Å²) in [5, 5.41) is 12.3. The third-order valence-corrected chi connectivity index (χ3v) is 6.41. The number of sulfonamides is 1. The maximum Gasteiger partial charge on any atom is 0.244 e. The van der Waals surface area contributed by atoms with Crippen molar-refractivity contribution in [1.29, 1.82) is 5.26 Å². The number of anilines is 1. The molecule has 0 heterocycles. The molecule has 0 radical (unpaired) electrons. The molecular weight excluding hydrogens is 433 g/mol. The topological polar surface area (TPSA) is 90.3 Å². The summed E-state index contributed by atoms with van der Waals surface area (Å²) < 4.78 is 26.7. The minimum Gasteiger partial charge on any atom is -0.322 e. The van der Waals surface area contributed by atoms with Crippen molar-refractivity contribution in [1.82, 2.24) is 4.31 Å². The Hall–Kier alpha value is -1.82. The van der Waals surface area contributed by atoms with Gasteiger partial charge in [0.15, 0.2) is 0 Å². The molecule has 1 amide bonds. The van der Waals surface area contributed by atoms with Gasteiger partial charge in [-0.2, -0.15) is 9.57 Å². The first-order valence-corrected chi connectivity index (χ1v) is 10.2. The molecule has 0 bridgehead atoms. The van der Waals surface area contributed by atoms with Crippen LogP contribution in [0, 0.1) is 11.3 Å². The van der Waals surface area contributed by atoms with Gasteiger partial charge in [-0.3, -0.25) is 4.79 Å². The number of halogens is 3. The lowest BCUT2D eigenvalue weighted by molar-refractivity contribution is -0.116. The zero-order chi connectivity index (χ0) is 20.2. The third-order valence-electron chi connectivity index (χ3n) is 3.58. The van der Waals surface area contributed by atoms with Crippen molar-refractivity contribution in [2.45, 2.75) is 11.8 Å². The van der Waals surface area contributed by atoms with Crippen LogP contribution < -0.4 is 5.32 Å². The Morgan fingerprint density at radius 1 is 1.19 bits per heavy atom. The van der Waals surface area contributed by atoms with E-state index in [1.807, 2.05) is 6.07 Å². The van der Waals surface area contributed by atoms with Gasteiger partial charge in [-0.25, -0.2) is 8.42 Å². The molecule has 10 heteroatoms. The zero-order valence-electron chi connectivity index (χ0n) is 14.0. The van der Waals surface area contributed by atoms with Crippen molar-refractivity contribution in [2.75, 3.05) is 18.4 Å². The fourth-order valence-electron chi connectivity index (χ4n) is 2.26. The van der Waals surface area contributed by atoms with Crippen molar-refractivity contribution >= 4 is 56.4 Å². The Labute approximate surface area is 172 Å². The van der Waals surface area contributed by atoms with E-state index in [1.165, 1.54) is 18.2 Å². The smallest absolute Gasteiger partial charge is 0.244 e. The van der Waals surface area contributed by atoms with Crippen LogP contribution in [0.25, 0.3) is 0 Å². The lowest BCUT2D eigenvalue weighted by Crippen LogP contribution is -2.38. The summed E-state index contributed by atoms with van der Waals surface area (Å²) in [6.07, 6.45) is 0. The van der Waals surface area contributed by atoms with E-state index in [4.69, 9.17) is 34.8 Å². The molecule has 2 aromatic rings. The third kappa shape index (κ3) is 4.92. The Balaban J connectivity index is 2.30. The van der Waals surface area contributed by atoms with Crippen LogP contribution in [0.5, 0.6) is 0 Å². The maximum absolute atomic E-state index is 12.9. The van der Waals surface area contributed by atoms with Gasteiger partial charge < -0.3 is 5.32 Å². The predicted molar refractivity (Wildman–Crippen MR) is 106 cm³/mol. The van der Waals surface area contributed by atoms with Crippen molar-refractivity contribution in [2.24, 2.45) is 0 Å². The second-order valence-corrected chi connectivity index (χ2v) is 8.49. The quantitative estimate of drug-likeness (QED) is 0.721. The number of hydrogen-bond donors (Lipinski definition) is 1. The first kappa shape index (κ1) is 21.5. The highest BCUT2D eigenvalue weighted by atomic mass is 35.5. The number of benzene rings is 2. The number of hydrogen-bond acceptors (Lipinski definition) is 4. The molecule has 0 spiro atoms. The van der Waals surface area contributed by atoms with Crippen LogP contribution >= 0.6 is 34.8 Å². The first-order chi connectivity index (χ1) is 12.7. The van der Waals surface area contributed by atoms with Crippen LogP contribution in [0.1, 0.15) is 12.5 Å². The van der Waals surface area contributed by atoms with Crippen molar-refractivity contribution in [3.05, 3.63) is 57.0 Å². The highest BCUT2D eigenvalue weighted by Crippen LogP contribution is 2.30. The monoisotopic (exact) mass is 445 g/mol. The molecule has 0 aliphatic carbocycles. The second-order valence-electron chi connectivity index (χ2n) is 5.33. The zero-order valence-corrected chi connectivity index (χ0v) is 17.1. The van der Waals surface area contributed by atoms with Gasteiger partial charge in [0.1, 0.15) is 11.0 Å². The van der Waals surface area contributed by atoms with Gasteiger partial charge in [-0.15, -0.1) is 0 Å². The summed E-state index contributed by atoms with van der Waals surface area (Å²) in [4.78, 5) is 12.1. The van der Waals surface area contributed by atoms with Crippen LogP contribution in [0.3, 0.4) is 0 Å². The lowest BCUT2D eigenvalue weighted by Gasteiger charge is -2.21. The molecule has 0 saturated carbocycles. The molecule has 0 atom stereocenters. The van der Waals surface area contributed by atoms with E-state index < -0.39 is 22.5 Å². The molecule has 0 fully saturated rings. The van der Waals surface area contributed by atoms with Gasteiger partial charge in [0, 0.05) is 11.6 Å². The minimum atomic E-state index is -4.12. The van der Waals surface area contributed by atoms with Gasteiger partial charge in [-0.05, 0) is 30.3 Å². The van der Waals surface area contributed by atoms with E-state index >= 15 is 0 Å². The molecular formula is C17H14Cl3N3O3S. The normalized spacial score (nSPS) is 11.3. The largest absolute Gasteiger partial charge is 0.322 e. The minimum absolute atomic E-state index is 0.00336. The van der Waals surface area contributed by atoms with E-state index in [9.17, 15) is 18.5 Å². The SMILES string of the molecule is CCN(CC(=O)Nc1c(Cl)cccc1Cl)S(=O)(=O)c1cc(Cl)ccc1C#N. The summed E-state index contributed by atoms with van der Waals surface area (Å²) in [5.74, 6) is -0.629. The van der Waals surface area contributed by atoms with Gasteiger partial charge in [-0.1, -0.05) is 47.8 Å². The van der Waals surface area contributed by atoms with Gasteiger partial charge in [0.05, 0.1) is 27.8 Å². The first-order valence-electron chi connectivity index (χ1n) is 7.64. The highest BCUT2D eigenvalue weighted by Gasteiger charge is 2.28. The van der Waals surface area contributed by atoms with Crippen LogP contribution in [0.15, 0.2) is 41.3 Å². The molecule has 2 rings (SSSR count). The summed E-state index contributed by atoms with van der Waals surface area (Å²) in [5.41, 5.74) is 0.132. The Morgan fingerprint density at radius 2 is 1.81 bits per heavy atom. The Bertz CT molecular complexity index is 1000. The standard InChI is InChI=1S/C17H14Cl3N3O3S/c1-2-23(10-16(24)22-17-13(19)4-3-5-14(17)20)27(25,26)15-8-12(18)7-6-11(15)9-21/h3-8H,2,10H2,1H3,(H,22,24). The second kappa shape index (κ2) is 8.91. The maximum atomic E-state index is 12.9. The van der Waals surface area contributed by atoms with Gasteiger partial charge in [0.25, 0.3) is 0 Å². The molecule has 0 saturated heterocycles. The van der Waals surface area contributed by atoms with E-state index in [0.29, 0.717) is 0 Å². The van der Waals surface area contributed by atoms with Crippen LogP contribution in [-0.4, -0.2) is 31.7 Å². The van der Waals surface area contributed by atoms with Crippen LogP contribution in [-0.2, 0) is 14.8 Å². The predicted octanol–water partition coefficient (Wildman–Crippen LogP) is 4.17. The molecule has 0 unspecified atom stereocenters. The molecule has 1 N–H and O–H groups in total. The number of nitrogens with zero attached hydrogens (tertiary/aromatic N) is 2. The molecule has 2 aromatic carbocycles. The number of para-hydroxylation sites is 1. The molecule has 0 aromatic heterocycles. The van der Waals surface area contributed by atoms with Crippen molar-refractivity contribution in [3.63, 3.8) is 0 Å². The summed E-state index contributed by atoms with van der Waals surface area (Å²) in [7, 11) is -4.12. The fourth-order valence-corrected chi connectivity index (χ4v) is 4.57. The summed E-state index contributed by atoms with van der Waals surface area (Å²) >= 11 is 17.9.